The first-order valence-electron chi connectivity index (χ1n) is 5.78. The molecule has 7 heteroatoms. The number of methoxy groups -OCH3 is 1. The average molecular weight is 286 g/mol. The van der Waals surface area contributed by atoms with Gasteiger partial charge in [0.05, 0.1) is 13.2 Å². The maximum absolute atomic E-state index is 11.5. The zero-order chi connectivity index (χ0) is 14.3. The molecule has 0 aliphatic carbocycles. The summed E-state index contributed by atoms with van der Waals surface area (Å²) in [6.45, 7) is 2.17. The number of carbonyl (C=O) groups excluding carboxylic acids is 2. The lowest BCUT2D eigenvalue weighted by atomic mass is 10.1. The lowest BCUT2D eigenvalue weighted by Crippen LogP contribution is -2.45. The largest absolute Gasteiger partial charge is 0.383 e. The van der Waals surface area contributed by atoms with Crippen LogP contribution < -0.4 is 10.6 Å². The molecule has 0 spiro atoms. The van der Waals surface area contributed by atoms with Crippen molar-refractivity contribution in [2.24, 2.45) is 0 Å². The first-order chi connectivity index (χ1) is 8.97. The third-order valence-electron chi connectivity index (χ3n) is 2.44. The Morgan fingerprint density at radius 2 is 2.11 bits per heavy atom. The second-order valence-corrected chi connectivity index (χ2v) is 5.13. The van der Waals surface area contributed by atoms with Crippen LogP contribution >= 0.6 is 11.3 Å². The molecule has 0 bridgehead atoms. The van der Waals surface area contributed by atoms with Gasteiger partial charge in [0.2, 0.25) is 0 Å². The highest BCUT2D eigenvalue weighted by molar-refractivity contribution is 7.10. The predicted octanol–water partition coefficient (Wildman–Crippen LogP) is -0.166. The van der Waals surface area contributed by atoms with Gasteiger partial charge < -0.3 is 20.5 Å². The maximum atomic E-state index is 11.5. The molecule has 0 radical (unpaired) electrons. The summed E-state index contributed by atoms with van der Waals surface area (Å²) in [5, 5.41) is 16.8. The van der Waals surface area contributed by atoms with Crippen LogP contribution in [0.1, 0.15) is 11.8 Å². The Hall–Kier alpha value is -1.44. The van der Waals surface area contributed by atoms with E-state index in [1.807, 2.05) is 11.4 Å². The number of ether oxygens (including phenoxy) is 1. The molecular weight excluding hydrogens is 268 g/mol. The standard InChI is InChI=1S/C12H18N2O4S/c1-12(17,9-4-3-7-19-9)8-14-11(16)10(15)13-5-6-18-2/h3-4,7,17H,5-6,8H2,1-2H3,(H,13,15)(H,14,16)/t12-/m0/s1. The van der Waals surface area contributed by atoms with E-state index in [1.54, 1.807) is 13.0 Å². The second-order valence-electron chi connectivity index (χ2n) is 4.18. The van der Waals surface area contributed by atoms with Crippen molar-refractivity contribution in [2.45, 2.75) is 12.5 Å². The van der Waals surface area contributed by atoms with Crippen molar-refractivity contribution in [3.05, 3.63) is 22.4 Å². The van der Waals surface area contributed by atoms with Gasteiger partial charge in [-0.2, -0.15) is 0 Å². The SMILES string of the molecule is COCCNC(=O)C(=O)NC[C@](C)(O)c1cccs1. The molecule has 2 amide bonds. The van der Waals surface area contributed by atoms with E-state index in [1.165, 1.54) is 18.4 Å². The van der Waals surface area contributed by atoms with Crippen LogP contribution in [0.25, 0.3) is 0 Å². The Bertz CT molecular complexity index is 417. The van der Waals surface area contributed by atoms with Gasteiger partial charge in [0, 0.05) is 18.5 Å². The number of amides is 2. The molecule has 1 aromatic heterocycles. The molecule has 1 rings (SSSR count). The molecule has 0 aliphatic heterocycles. The van der Waals surface area contributed by atoms with Crippen molar-refractivity contribution in [2.75, 3.05) is 26.8 Å². The van der Waals surface area contributed by atoms with Crippen LogP contribution in [0.5, 0.6) is 0 Å². The minimum atomic E-state index is -1.18. The number of hydrogen-bond donors (Lipinski definition) is 3. The Balaban J connectivity index is 2.39. The molecule has 0 saturated carbocycles. The monoisotopic (exact) mass is 286 g/mol. The Kier molecular flexibility index (Phi) is 5.94. The summed E-state index contributed by atoms with van der Waals surface area (Å²) in [6.07, 6.45) is 0. The predicted molar refractivity (Wildman–Crippen MR) is 71.8 cm³/mol. The molecule has 0 saturated heterocycles. The fraction of sp³-hybridized carbons (Fsp3) is 0.500. The topological polar surface area (TPSA) is 87.7 Å². The van der Waals surface area contributed by atoms with Gasteiger partial charge >= 0.3 is 11.8 Å². The molecule has 0 fully saturated rings. The summed E-state index contributed by atoms with van der Waals surface area (Å²) < 4.78 is 4.75. The van der Waals surface area contributed by atoms with Gasteiger partial charge in [-0.25, -0.2) is 0 Å². The normalized spacial score (nSPS) is 13.6. The molecule has 0 aromatic carbocycles. The zero-order valence-corrected chi connectivity index (χ0v) is 11.8. The Labute approximate surface area is 115 Å². The van der Waals surface area contributed by atoms with Gasteiger partial charge in [-0.15, -0.1) is 11.3 Å². The summed E-state index contributed by atoms with van der Waals surface area (Å²) in [5.41, 5.74) is -1.18. The van der Waals surface area contributed by atoms with Gasteiger partial charge in [-0.3, -0.25) is 9.59 Å². The molecule has 1 aromatic rings. The van der Waals surface area contributed by atoms with E-state index >= 15 is 0 Å². The molecule has 0 aliphatic rings. The quantitative estimate of drug-likeness (QED) is 0.501. The number of aliphatic hydroxyl groups is 1. The van der Waals surface area contributed by atoms with E-state index in [2.05, 4.69) is 10.6 Å². The van der Waals surface area contributed by atoms with Crippen molar-refractivity contribution >= 4 is 23.2 Å². The van der Waals surface area contributed by atoms with Crippen molar-refractivity contribution in [3.63, 3.8) is 0 Å². The molecule has 19 heavy (non-hydrogen) atoms. The second kappa shape index (κ2) is 7.22. The van der Waals surface area contributed by atoms with Gasteiger partial charge in [0.15, 0.2) is 0 Å². The molecule has 3 N–H and O–H groups in total. The number of thiophene rings is 1. The third kappa shape index (κ3) is 4.98. The number of carbonyl (C=O) groups is 2. The number of hydrogen-bond acceptors (Lipinski definition) is 5. The highest BCUT2D eigenvalue weighted by Crippen LogP contribution is 2.24. The van der Waals surface area contributed by atoms with Gasteiger partial charge in [0.25, 0.3) is 0 Å². The van der Waals surface area contributed by atoms with E-state index in [-0.39, 0.29) is 13.1 Å². The fourth-order valence-corrected chi connectivity index (χ4v) is 2.14. The van der Waals surface area contributed by atoms with Crippen LogP contribution in [0.4, 0.5) is 0 Å². The smallest absolute Gasteiger partial charge is 0.309 e. The van der Waals surface area contributed by atoms with E-state index in [0.717, 1.165) is 4.88 Å². The van der Waals surface area contributed by atoms with Crippen LogP contribution in [0.2, 0.25) is 0 Å². The van der Waals surface area contributed by atoms with Gasteiger partial charge in [0.1, 0.15) is 5.60 Å². The van der Waals surface area contributed by atoms with Crippen LogP contribution in [-0.4, -0.2) is 43.7 Å². The van der Waals surface area contributed by atoms with E-state index < -0.39 is 17.4 Å². The summed E-state index contributed by atoms with van der Waals surface area (Å²) in [7, 11) is 1.50. The highest BCUT2D eigenvalue weighted by Gasteiger charge is 2.26. The first kappa shape index (κ1) is 15.6. The molecule has 1 atom stereocenters. The van der Waals surface area contributed by atoms with Gasteiger partial charge in [-0.05, 0) is 18.4 Å². The van der Waals surface area contributed by atoms with E-state index in [0.29, 0.717) is 6.61 Å². The lowest BCUT2D eigenvalue weighted by molar-refractivity contribution is -0.139. The number of nitrogens with one attached hydrogen (secondary N) is 2. The van der Waals surface area contributed by atoms with Crippen LogP contribution in [0, 0.1) is 0 Å². The number of rotatable bonds is 6. The Morgan fingerprint density at radius 1 is 1.42 bits per heavy atom. The van der Waals surface area contributed by atoms with Crippen molar-refractivity contribution in [1.29, 1.82) is 0 Å². The minimum absolute atomic E-state index is 0.0238. The van der Waals surface area contributed by atoms with E-state index in [9.17, 15) is 14.7 Å². The van der Waals surface area contributed by atoms with Gasteiger partial charge in [-0.1, -0.05) is 6.07 Å². The molecular formula is C12H18N2O4S. The summed E-state index contributed by atoms with van der Waals surface area (Å²) in [5.74, 6) is -1.51. The fourth-order valence-electron chi connectivity index (χ4n) is 1.35. The Morgan fingerprint density at radius 3 is 2.68 bits per heavy atom. The third-order valence-corrected chi connectivity index (χ3v) is 3.57. The van der Waals surface area contributed by atoms with Crippen LogP contribution in [0.3, 0.4) is 0 Å². The molecule has 106 valence electrons. The minimum Gasteiger partial charge on any atom is -0.383 e. The lowest BCUT2D eigenvalue weighted by Gasteiger charge is -2.22. The molecule has 6 nitrogen and oxygen atoms in total. The van der Waals surface area contributed by atoms with Crippen LogP contribution in [0.15, 0.2) is 17.5 Å². The highest BCUT2D eigenvalue weighted by atomic mass is 32.1. The summed E-state index contributed by atoms with van der Waals surface area (Å²) >= 11 is 1.39. The molecule has 1 heterocycles. The van der Waals surface area contributed by atoms with Crippen LogP contribution in [-0.2, 0) is 19.9 Å². The van der Waals surface area contributed by atoms with Crippen molar-refractivity contribution < 1.29 is 19.4 Å². The van der Waals surface area contributed by atoms with E-state index in [4.69, 9.17) is 4.74 Å². The maximum Gasteiger partial charge on any atom is 0.309 e. The average Bonchev–Trinajstić information content (AvgIpc) is 2.90. The first-order valence-corrected chi connectivity index (χ1v) is 6.66. The molecule has 0 unspecified atom stereocenters. The summed E-state index contributed by atoms with van der Waals surface area (Å²) in [4.78, 5) is 23.6. The summed E-state index contributed by atoms with van der Waals surface area (Å²) in [6, 6.07) is 3.59. The van der Waals surface area contributed by atoms with Crippen molar-refractivity contribution in [1.82, 2.24) is 10.6 Å². The zero-order valence-electron chi connectivity index (χ0n) is 10.9. The van der Waals surface area contributed by atoms with Crippen molar-refractivity contribution in [3.8, 4) is 0 Å².